The zero-order valence-corrected chi connectivity index (χ0v) is 27.1. The number of nitrogens with one attached hydrogen (secondary N) is 1. The second kappa shape index (κ2) is 10.9. The molecule has 0 aromatic carbocycles. The van der Waals surface area contributed by atoms with Crippen molar-refractivity contribution in [3.63, 3.8) is 0 Å². The third kappa shape index (κ3) is 5.11. The van der Waals surface area contributed by atoms with E-state index in [-0.39, 0.29) is 45.1 Å². The van der Waals surface area contributed by atoms with Gasteiger partial charge in [0, 0.05) is 24.3 Å². The van der Waals surface area contributed by atoms with Gasteiger partial charge in [-0.25, -0.2) is 0 Å². The number of hydrogen-bond acceptors (Lipinski definition) is 5. The molecular formula is C35H58N2O4. The van der Waals surface area contributed by atoms with Crippen molar-refractivity contribution in [2.24, 2.45) is 56.5 Å². The first-order valence-corrected chi connectivity index (χ1v) is 16.6. The average Bonchev–Trinajstić information content (AvgIpc) is 2.89. The summed E-state index contributed by atoms with van der Waals surface area (Å²) >= 11 is 0. The van der Waals surface area contributed by atoms with E-state index in [1.807, 2.05) is 0 Å². The van der Waals surface area contributed by atoms with Gasteiger partial charge in [0.15, 0.2) is 0 Å². The summed E-state index contributed by atoms with van der Waals surface area (Å²) in [6, 6.07) is 0. The smallest absolute Gasteiger partial charge is 0.302 e. The number of carbonyl (C=O) groups excluding carboxylic acids is 2. The molecule has 3 N–H and O–H groups in total. The maximum absolute atomic E-state index is 13.5. The fourth-order valence-corrected chi connectivity index (χ4v) is 11.1. The van der Waals surface area contributed by atoms with Crippen LogP contribution >= 0.6 is 0 Å². The molecule has 4 fully saturated rings. The molecule has 1 unspecified atom stereocenters. The van der Waals surface area contributed by atoms with Crippen molar-refractivity contribution in [1.82, 2.24) is 5.32 Å². The number of esters is 1. The van der Waals surface area contributed by atoms with Crippen LogP contribution in [0.5, 0.6) is 0 Å². The van der Waals surface area contributed by atoms with E-state index in [1.54, 1.807) is 12.5 Å². The number of fused-ring (bicyclic) bond motifs is 7. The molecule has 9 atom stereocenters. The number of nitrogens with two attached hydrogens (primary N) is 1. The van der Waals surface area contributed by atoms with Crippen LogP contribution in [0.15, 0.2) is 11.6 Å². The molecule has 0 saturated heterocycles. The Morgan fingerprint density at radius 2 is 1.68 bits per heavy atom. The molecule has 0 spiro atoms. The monoisotopic (exact) mass is 570 g/mol. The first kappa shape index (κ1) is 31.0. The Morgan fingerprint density at radius 3 is 2.39 bits per heavy atom. The van der Waals surface area contributed by atoms with Crippen LogP contribution in [0, 0.1) is 50.7 Å². The summed E-state index contributed by atoms with van der Waals surface area (Å²) in [4.78, 5) is 25.5. The number of carbonyl (C=O) groups is 2. The summed E-state index contributed by atoms with van der Waals surface area (Å²) in [5, 5.41) is 3.21. The first-order valence-electron chi connectivity index (χ1n) is 16.6. The molecule has 0 aromatic rings. The second-order valence-electron chi connectivity index (χ2n) is 16.3. The Labute approximate surface area is 249 Å². The van der Waals surface area contributed by atoms with Crippen molar-refractivity contribution in [3.05, 3.63) is 11.6 Å². The number of rotatable bonds is 5. The van der Waals surface area contributed by atoms with Gasteiger partial charge in [-0.2, -0.15) is 0 Å². The van der Waals surface area contributed by atoms with Crippen molar-refractivity contribution < 1.29 is 19.1 Å². The Kier molecular flexibility index (Phi) is 8.29. The summed E-state index contributed by atoms with van der Waals surface area (Å²) in [5.74, 6) is 1.95. The van der Waals surface area contributed by atoms with E-state index in [2.05, 4.69) is 52.9 Å². The van der Waals surface area contributed by atoms with E-state index in [1.165, 1.54) is 25.7 Å². The van der Waals surface area contributed by atoms with E-state index in [4.69, 9.17) is 15.2 Å². The zero-order chi connectivity index (χ0) is 29.8. The molecule has 0 aromatic heterocycles. The van der Waals surface area contributed by atoms with Crippen LogP contribution in [0.2, 0.25) is 0 Å². The highest BCUT2D eigenvalue weighted by Gasteiger charge is 2.64. The third-order valence-corrected chi connectivity index (χ3v) is 13.6. The predicted molar refractivity (Wildman–Crippen MR) is 163 cm³/mol. The van der Waals surface area contributed by atoms with Crippen LogP contribution < -0.4 is 11.1 Å². The number of amides is 1. The van der Waals surface area contributed by atoms with Gasteiger partial charge in [0.05, 0.1) is 13.2 Å². The molecule has 0 radical (unpaired) electrons. The highest BCUT2D eigenvalue weighted by Crippen LogP contribution is 2.70. The van der Waals surface area contributed by atoms with Gasteiger partial charge in [-0.15, -0.1) is 0 Å². The van der Waals surface area contributed by atoms with Crippen molar-refractivity contribution in [1.29, 1.82) is 0 Å². The van der Waals surface area contributed by atoms with Gasteiger partial charge in [0.1, 0.15) is 6.10 Å². The second-order valence-corrected chi connectivity index (χ2v) is 16.3. The number of hydrogen-bond donors (Lipinski definition) is 2. The number of allylic oxidation sites excluding steroid dienone is 1. The maximum Gasteiger partial charge on any atom is 0.302 e. The normalized spacial score (nSPS) is 46.6. The van der Waals surface area contributed by atoms with Crippen LogP contribution in [0.1, 0.15) is 113 Å². The molecular weight excluding hydrogens is 512 g/mol. The summed E-state index contributed by atoms with van der Waals surface area (Å²) < 4.78 is 12.5. The van der Waals surface area contributed by atoms with E-state index < -0.39 is 0 Å². The molecule has 0 bridgehead atoms. The molecule has 232 valence electrons. The van der Waals surface area contributed by atoms with Gasteiger partial charge in [0.25, 0.3) is 0 Å². The molecule has 5 rings (SSSR count). The molecule has 1 heterocycles. The Morgan fingerprint density at radius 1 is 0.951 bits per heavy atom. The summed E-state index contributed by atoms with van der Waals surface area (Å²) in [7, 11) is 0. The van der Waals surface area contributed by atoms with E-state index >= 15 is 0 Å². The van der Waals surface area contributed by atoms with E-state index in [9.17, 15) is 9.59 Å². The van der Waals surface area contributed by atoms with Gasteiger partial charge >= 0.3 is 5.97 Å². The lowest BCUT2D eigenvalue weighted by atomic mass is 9.39. The molecule has 4 aliphatic carbocycles. The lowest BCUT2D eigenvalue weighted by Gasteiger charge is -2.67. The SMILES string of the molecule is CC(=O)O[C@H]1CC[C@]2(C)[C@H]3COC/C=C4\C(CC[C@@]5(C)CC[C@](C)(C(=O)NCCCN)C[C@@H]45)[C@]3(C)CC[C@H]2C1(C)C. The lowest BCUT2D eigenvalue weighted by molar-refractivity contribution is -0.208. The van der Waals surface area contributed by atoms with Crippen molar-refractivity contribution in [2.75, 3.05) is 26.3 Å². The van der Waals surface area contributed by atoms with E-state index in [0.29, 0.717) is 43.4 Å². The summed E-state index contributed by atoms with van der Waals surface area (Å²) in [6.07, 6.45) is 13.1. The lowest BCUT2D eigenvalue weighted by Crippen LogP contribution is -2.62. The van der Waals surface area contributed by atoms with Crippen LogP contribution in [-0.4, -0.2) is 44.3 Å². The minimum Gasteiger partial charge on any atom is -0.462 e. The average molecular weight is 571 g/mol. The Bertz CT molecular complexity index is 1050. The fraction of sp³-hybridized carbons (Fsp3) is 0.886. The highest BCUT2D eigenvalue weighted by molar-refractivity contribution is 5.82. The summed E-state index contributed by atoms with van der Waals surface area (Å²) in [6.45, 7) is 18.8. The number of ether oxygens (including phenoxy) is 2. The molecule has 6 heteroatoms. The van der Waals surface area contributed by atoms with Gasteiger partial charge in [-0.3, -0.25) is 9.59 Å². The minimum absolute atomic E-state index is 0.0151. The highest BCUT2D eigenvalue weighted by atomic mass is 16.5. The third-order valence-electron chi connectivity index (χ3n) is 13.6. The van der Waals surface area contributed by atoms with Crippen LogP contribution in [0.4, 0.5) is 0 Å². The van der Waals surface area contributed by atoms with Gasteiger partial charge in [-0.1, -0.05) is 53.2 Å². The molecule has 1 aliphatic heterocycles. The van der Waals surface area contributed by atoms with Crippen LogP contribution in [0.3, 0.4) is 0 Å². The van der Waals surface area contributed by atoms with Gasteiger partial charge in [-0.05, 0) is 111 Å². The predicted octanol–water partition coefficient (Wildman–Crippen LogP) is 6.42. The van der Waals surface area contributed by atoms with Crippen molar-refractivity contribution in [3.8, 4) is 0 Å². The minimum atomic E-state index is -0.339. The van der Waals surface area contributed by atoms with Gasteiger partial charge in [0.2, 0.25) is 5.91 Å². The summed E-state index contributed by atoms with van der Waals surface area (Å²) in [5.41, 5.74) is 7.43. The molecule has 5 aliphatic rings. The standard InChI is InChI=1S/C35H58N2O4/c1-23(38)41-29-11-15-35(7)27(31(29,2)3)10-14-34(6)25-9-13-32(4)16-17-33(5,30(39)37-19-8-18-36)21-26(32)24(25)12-20-40-22-28(34)35/h12,25-29H,8-11,13-22,36H2,1-7H3,(H,37,39)/b24-12+/t25?,26-,27-,28-,29-,32-,33-,34-,35-/m0/s1. The Hall–Kier alpha value is -1.40. The largest absolute Gasteiger partial charge is 0.462 e. The van der Waals surface area contributed by atoms with Gasteiger partial charge < -0.3 is 20.5 Å². The molecule has 41 heavy (non-hydrogen) atoms. The van der Waals surface area contributed by atoms with Crippen LogP contribution in [-0.2, 0) is 19.1 Å². The quantitative estimate of drug-likeness (QED) is 0.226. The Balaban J connectivity index is 1.45. The first-order chi connectivity index (χ1) is 19.2. The molecule has 1 amide bonds. The zero-order valence-electron chi connectivity index (χ0n) is 27.1. The topological polar surface area (TPSA) is 90.6 Å². The van der Waals surface area contributed by atoms with Crippen molar-refractivity contribution >= 4 is 11.9 Å². The van der Waals surface area contributed by atoms with Crippen LogP contribution in [0.25, 0.3) is 0 Å². The molecule has 4 saturated carbocycles. The maximum atomic E-state index is 13.5. The van der Waals surface area contributed by atoms with E-state index in [0.717, 1.165) is 45.1 Å². The van der Waals surface area contributed by atoms with Crippen molar-refractivity contribution in [2.45, 2.75) is 119 Å². The fourth-order valence-electron chi connectivity index (χ4n) is 11.1. The molecule has 6 nitrogen and oxygen atoms in total.